The molecule has 1 aromatic heterocycles. The van der Waals surface area contributed by atoms with Crippen molar-refractivity contribution in [3.8, 4) is 11.5 Å². The molecule has 1 unspecified atom stereocenters. The highest BCUT2D eigenvalue weighted by molar-refractivity contribution is 5.89. The number of nitro groups is 1. The van der Waals surface area contributed by atoms with Gasteiger partial charge in [0.15, 0.2) is 5.75 Å². The van der Waals surface area contributed by atoms with E-state index >= 15 is 0 Å². The number of nitrogens with one attached hydrogen (secondary N) is 3. The molecule has 0 radical (unpaired) electrons. The molecule has 36 heavy (non-hydrogen) atoms. The van der Waals surface area contributed by atoms with Crippen LogP contribution in [0.1, 0.15) is 61.9 Å². The highest BCUT2D eigenvalue weighted by atomic mass is 16.6. The zero-order valence-electron chi connectivity index (χ0n) is 20.4. The Balaban J connectivity index is 1.50. The minimum Gasteiger partial charge on any atom is -0.502 e. The summed E-state index contributed by atoms with van der Waals surface area (Å²) in [6.45, 7) is 3.15. The minimum absolute atomic E-state index is 0.0696. The van der Waals surface area contributed by atoms with Crippen LogP contribution in [0.5, 0.6) is 11.5 Å². The number of phenols is 1. The molecule has 0 spiro atoms. The minimum atomic E-state index is -0.601. The van der Waals surface area contributed by atoms with Gasteiger partial charge in [-0.25, -0.2) is 0 Å². The maximum absolute atomic E-state index is 13.3. The van der Waals surface area contributed by atoms with Crippen molar-refractivity contribution in [3.63, 3.8) is 0 Å². The Bertz CT molecular complexity index is 1280. The number of rotatable bonds is 7. The fourth-order valence-corrected chi connectivity index (χ4v) is 5.57. The quantitative estimate of drug-likeness (QED) is 0.284. The number of phenolic OH excluding ortho intramolecular Hbond substituents is 1. The highest BCUT2D eigenvalue weighted by Gasteiger charge is 2.35. The average Bonchev–Trinajstić information content (AvgIpc) is 3.25. The number of carbonyl (C=O) groups is 1. The summed E-state index contributed by atoms with van der Waals surface area (Å²) in [7, 11) is 0. The van der Waals surface area contributed by atoms with E-state index in [1.54, 1.807) is 6.07 Å². The molecule has 0 bridgehead atoms. The van der Waals surface area contributed by atoms with E-state index in [0.29, 0.717) is 31.1 Å². The van der Waals surface area contributed by atoms with Gasteiger partial charge in [-0.1, -0.05) is 25.3 Å². The molecule has 3 aromatic rings. The van der Waals surface area contributed by atoms with E-state index < -0.39 is 17.0 Å². The fourth-order valence-electron chi connectivity index (χ4n) is 5.57. The first-order chi connectivity index (χ1) is 17.4. The fraction of sp³-hybridized carbons (Fsp3) is 0.444. The predicted molar refractivity (Wildman–Crippen MR) is 136 cm³/mol. The van der Waals surface area contributed by atoms with Crippen LogP contribution < -0.4 is 15.4 Å². The largest absolute Gasteiger partial charge is 0.502 e. The Morgan fingerprint density at radius 1 is 1.19 bits per heavy atom. The Morgan fingerprint density at radius 2 is 2.00 bits per heavy atom. The molecule has 5 rings (SSSR count). The SMILES string of the molecule is CCOc1ccc2[nH]c3c(c2c1)CC(C(=O)NCC1CCCCC1)N[C@@H]3c1ccc(O)c([N+](=O)[O-])c1. The molecule has 1 fully saturated rings. The Morgan fingerprint density at radius 3 is 2.75 bits per heavy atom. The predicted octanol–water partition coefficient (Wildman–Crippen LogP) is 4.48. The van der Waals surface area contributed by atoms with E-state index in [1.165, 1.54) is 31.4 Å². The standard InChI is InChI=1S/C27H32N4O5/c1-2-36-18-9-10-21-19(13-18)20-14-22(27(33)28-15-16-6-4-3-5-7-16)30-25(26(20)29-21)17-8-11-24(32)23(12-17)31(34)35/h8-13,16,22,25,29-30,32H,2-7,14-15H2,1H3,(H,28,33)/t22?,25-/m1/s1. The van der Waals surface area contributed by atoms with E-state index in [4.69, 9.17) is 4.74 Å². The summed E-state index contributed by atoms with van der Waals surface area (Å²) in [5.41, 5.74) is 2.99. The number of carbonyl (C=O) groups excluding carboxylic acids is 1. The Hall–Kier alpha value is -3.59. The number of nitro benzene ring substituents is 1. The van der Waals surface area contributed by atoms with E-state index in [-0.39, 0.29) is 17.3 Å². The summed E-state index contributed by atoms with van der Waals surface area (Å²) in [4.78, 5) is 27.7. The van der Waals surface area contributed by atoms with Gasteiger partial charge in [0.05, 0.1) is 23.6 Å². The van der Waals surface area contributed by atoms with Crippen molar-refractivity contribution in [1.29, 1.82) is 0 Å². The molecule has 4 N–H and O–H groups in total. The molecule has 2 atom stereocenters. The molecule has 190 valence electrons. The third-order valence-corrected chi connectivity index (χ3v) is 7.42. The summed E-state index contributed by atoms with van der Waals surface area (Å²) in [6.07, 6.45) is 6.46. The number of fused-ring (bicyclic) bond motifs is 3. The van der Waals surface area contributed by atoms with Crippen LogP contribution in [0.2, 0.25) is 0 Å². The monoisotopic (exact) mass is 492 g/mol. The highest BCUT2D eigenvalue weighted by Crippen LogP contribution is 2.39. The lowest BCUT2D eigenvalue weighted by atomic mass is 9.88. The molecule has 9 heteroatoms. The molecule has 1 aliphatic heterocycles. The van der Waals surface area contributed by atoms with Gasteiger partial charge in [0.1, 0.15) is 5.75 Å². The molecule has 1 aliphatic carbocycles. The number of amides is 1. The summed E-state index contributed by atoms with van der Waals surface area (Å²) >= 11 is 0. The van der Waals surface area contributed by atoms with Gasteiger partial charge < -0.3 is 20.1 Å². The van der Waals surface area contributed by atoms with E-state index in [2.05, 4.69) is 15.6 Å². The first-order valence-electron chi connectivity index (χ1n) is 12.7. The second-order valence-corrected chi connectivity index (χ2v) is 9.77. The van der Waals surface area contributed by atoms with Crippen LogP contribution in [0.25, 0.3) is 10.9 Å². The number of benzene rings is 2. The van der Waals surface area contributed by atoms with Gasteiger partial charge in [0.25, 0.3) is 0 Å². The maximum atomic E-state index is 13.3. The molecule has 2 aliphatic rings. The van der Waals surface area contributed by atoms with Crippen LogP contribution in [-0.2, 0) is 11.2 Å². The van der Waals surface area contributed by atoms with Gasteiger partial charge in [-0.2, -0.15) is 0 Å². The zero-order valence-corrected chi connectivity index (χ0v) is 20.4. The third-order valence-electron chi connectivity index (χ3n) is 7.42. The normalized spacial score (nSPS) is 20.1. The number of aromatic hydroxyl groups is 1. The van der Waals surface area contributed by atoms with Crippen LogP contribution in [0, 0.1) is 16.0 Å². The molecule has 9 nitrogen and oxygen atoms in total. The number of aromatic amines is 1. The van der Waals surface area contributed by atoms with E-state index in [1.807, 2.05) is 25.1 Å². The molecule has 0 saturated heterocycles. The summed E-state index contributed by atoms with van der Waals surface area (Å²) in [5, 5.41) is 29.0. The molecule has 1 saturated carbocycles. The second kappa shape index (κ2) is 10.2. The third kappa shape index (κ3) is 4.75. The lowest BCUT2D eigenvalue weighted by Crippen LogP contribution is -2.50. The van der Waals surface area contributed by atoms with Crippen LogP contribution >= 0.6 is 0 Å². The summed E-state index contributed by atoms with van der Waals surface area (Å²) in [5.74, 6) is 0.805. The topological polar surface area (TPSA) is 130 Å². The molecular weight excluding hydrogens is 460 g/mol. The van der Waals surface area contributed by atoms with Crippen LogP contribution in [0.15, 0.2) is 36.4 Å². The molecule has 2 aromatic carbocycles. The van der Waals surface area contributed by atoms with Crippen LogP contribution in [0.3, 0.4) is 0 Å². The Kier molecular flexibility index (Phi) is 6.82. The molecule has 1 amide bonds. The lowest BCUT2D eigenvalue weighted by Gasteiger charge is -2.31. The first-order valence-corrected chi connectivity index (χ1v) is 12.7. The number of aromatic nitrogens is 1. The molecule has 2 heterocycles. The van der Waals surface area contributed by atoms with Crippen molar-refractivity contribution in [2.75, 3.05) is 13.2 Å². The summed E-state index contributed by atoms with van der Waals surface area (Å²) in [6, 6.07) is 9.20. The smallest absolute Gasteiger partial charge is 0.311 e. The Labute approximate surface area is 209 Å². The van der Waals surface area contributed by atoms with Gasteiger partial charge in [0, 0.05) is 29.2 Å². The van der Waals surface area contributed by atoms with Crippen molar-refractivity contribution in [1.82, 2.24) is 15.6 Å². The van der Waals surface area contributed by atoms with Gasteiger partial charge in [0.2, 0.25) is 5.91 Å². The van der Waals surface area contributed by atoms with Crippen molar-refractivity contribution < 1.29 is 19.6 Å². The summed E-state index contributed by atoms with van der Waals surface area (Å²) < 4.78 is 5.71. The van der Waals surface area contributed by atoms with Crippen molar-refractivity contribution >= 4 is 22.5 Å². The second-order valence-electron chi connectivity index (χ2n) is 9.77. The van der Waals surface area contributed by atoms with Crippen LogP contribution in [0.4, 0.5) is 5.69 Å². The van der Waals surface area contributed by atoms with E-state index in [0.717, 1.165) is 40.8 Å². The van der Waals surface area contributed by atoms with Gasteiger partial charge >= 0.3 is 5.69 Å². The van der Waals surface area contributed by atoms with Gasteiger partial charge in [-0.05, 0) is 67.5 Å². The van der Waals surface area contributed by atoms with Crippen molar-refractivity contribution in [2.45, 2.75) is 57.5 Å². The molecular formula is C27H32N4O5. The van der Waals surface area contributed by atoms with Gasteiger partial charge in [-0.3, -0.25) is 20.2 Å². The maximum Gasteiger partial charge on any atom is 0.311 e. The number of hydrogen-bond donors (Lipinski definition) is 4. The first kappa shape index (κ1) is 24.1. The van der Waals surface area contributed by atoms with Gasteiger partial charge in [-0.15, -0.1) is 0 Å². The van der Waals surface area contributed by atoms with Crippen molar-refractivity contribution in [2.24, 2.45) is 5.92 Å². The lowest BCUT2D eigenvalue weighted by molar-refractivity contribution is -0.385. The van der Waals surface area contributed by atoms with Crippen molar-refractivity contribution in [3.05, 3.63) is 63.3 Å². The zero-order chi connectivity index (χ0) is 25.2. The number of hydrogen-bond acceptors (Lipinski definition) is 6. The number of nitrogens with zero attached hydrogens (tertiary/aromatic N) is 1. The number of H-pyrrole nitrogens is 1. The van der Waals surface area contributed by atoms with Crippen LogP contribution in [-0.4, -0.2) is 40.1 Å². The number of ether oxygens (including phenoxy) is 1. The average molecular weight is 493 g/mol. The van der Waals surface area contributed by atoms with E-state index in [9.17, 15) is 20.0 Å².